The van der Waals surface area contributed by atoms with E-state index in [-0.39, 0.29) is 24.6 Å². The number of aromatic nitrogens is 3. The molecule has 2 heterocycles. The van der Waals surface area contributed by atoms with Gasteiger partial charge in [0.15, 0.2) is 0 Å². The van der Waals surface area contributed by atoms with Crippen LogP contribution >= 0.6 is 0 Å². The summed E-state index contributed by atoms with van der Waals surface area (Å²) < 4.78 is 13.2. The van der Waals surface area contributed by atoms with E-state index in [1.807, 2.05) is 18.2 Å². The van der Waals surface area contributed by atoms with E-state index in [0.717, 1.165) is 12.0 Å². The van der Waals surface area contributed by atoms with Crippen LogP contribution in [0.2, 0.25) is 0 Å². The molecular formula is C33H44N6O7. The number of aliphatic hydroxyl groups excluding tert-OH is 1. The first-order valence-electron chi connectivity index (χ1n) is 15.4. The number of rotatable bonds is 12. The molecule has 2 aromatic heterocycles. The number of benzene rings is 1. The number of amides is 2. The molecule has 13 nitrogen and oxygen atoms in total. The highest BCUT2D eigenvalue weighted by Crippen LogP contribution is 2.34. The van der Waals surface area contributed by atoms with Gasteiger partial charge in [0.1, 0.15) is 23.3 Å². The van der Waals surface area contributed by atoms with Crippen molar-refractivity contribution in [3.8, 4) is 0 Å². The second-order valence-electron chi connectivity index (χ2n) is 12.7. The van der Waals surface area contributed by atoms with Crippen LogP contribution in [0.15, 0.2) is 53.5 Å². The van der Waals surface area contributed by atoms with Gasteiger partial charge >= 0.3 is 12.2 Å². The number of carbonyl (C=O) groups excluding carboxylic acids is 3. The van der Waals surface area contributed by atoms with Gasteiger partial charge in [0.25, 0.3) is 5.56 Å². The number of fused-ring (bicyclic) bond motifs is 1. The topological polar surface area (TPSA) is 157 Å². The maximum atomic E-state index is 13.6. The van der Waals surface area contributed by atoms with Crippen LogP contribution in [0.3, 0.4) is 0 Å². The number of imidazole rings is 1. The molecule has 1 aromatic carbocycles. The Morgan fingerprint density at radius 3 is 2.57 bits per heavy atom. The summed E-state index contributed by atoms with van der Waals surface area (Å²) in [5.74, 6) is 0.739. The highest BCUT2D eigenvalue weighted by Gasteiger charge is 2.28. The van der Waals surface area contributed by atoms with Crippen molar-refractivity contribution in [3.63, 3.8) is 0 Å². The maximum Gasteiger partial charge on any atom is 0.420 e. The molecule has 1 aliphatic rings. The van der Waals surface area contributed by atoms with E-state index >= 15 is 0 Å². The van der Waals surface area contributed by atoms with E-state index in [1.54, 1.807) is 53.2 Å². The Bertz CT molecular complexity index is 1650. The predicted octanol–water partition coefficient (Wildman–Crippen LogP) is 3.86. The molecule has 13 heteroatoms. The Hall–Kier alpha value is -4.65. The monoisotopic (exact) mass is 636 g/mol. The van der Waals surface area contributed by atoms with Gasteiger partial charge in [-0.25, -0.2) is 19.1 Å². The van der Waals surface area contributed by atoms with Crippen molar-refractivity contribution in [1.29, 1.82) is 0 Å². The SMILES string of the molecule is COC(=O)N[C@@H](CC/C=C/C(=O)N(C)C)C(O)Nc1cccn(Cc2nc3c(CC4CC4)cccc3n2C(=O)OC(C)(C)C)c1=O. The van der Waals surface area contributed by atoms with E-state index in [1.165, 1.54) is 46.1 Å². The molecule has 248 valence electrons. The summed E-state index contributed by atoms with van der Waals surface area (Å²) in [4.78, 5) is 57.2. The van der Waals surface area contributed by atoms with Crippen LogP contribution in [-0.2, 0) is 27.2 Å². The van der Waals surface area contributed by atoms with E-state index < -0.39 is 35.6 Å². The van der Waals surface area contributed by atoms with Crippen molar-refractivity contribution in [3.05, 3.63) is 70.4 Å². The molecular weight excluding hydrogens is 592 g/mol. The lowest BCUT2D eigenvalue weighted by Crippen LogP contribution is -2.47. The predicted molar refractivity (Wildman–Crippen MR) is 174 cm³/mol. The smallest absolute Gasteiger partial charge is 0.420 e. The average Bonchev–Trinajstić information content (AvgIpc) is 3.72. The van der Waals surface area contributed by atoms with Crippen LogP contribution in [-0.4, -0.2) is 81.3 Å². The number of pyridine rings is 1. The first kappa shape index (κ1) is 34.2. The van der Waals surface area contributed by atoms with Crippen molar-refractivity contribution < 1.29 is 29.0 Å². The molecule has 46 heavy (non-hydrogen) atoms. The van der Waals surface area contributed by atoms with Crippen molar-refractivity contribution in [2.24, 2.45) is 5.92 Å². The first-order valence-corrected chi connectivity index (χ1v) is 15.4. The van der Waals surface area contributed by atoms with Gasteiger partial charge in [-0.05, 0) is 88.6 Å². The lowest BCUT2D eigenvalue weighted by atomic mass is 10.1. The van der Waals surface area contributed by atoms with Crippen molar-refractivity contribution in [2.45, 2.75) is 77.3 Å². The van der Waals surface area contributed by atoms with Crippen LogP contribution in [0.1, 0.15) is 57.8 Å². The molecule has 1 fully saturated rings. The number of hydrogen-bond acceptors (Lipinski definition) is 9. The van der Waals surface area contributed by atoms with Crippen molar-refractivity contribution in [1.82, 2.24) is 24.3 Å². The molecule has 0 saturated heterocycles. The number of hydrogen-bond donors (Lipinski definition) is 3. The van der Waals surface area contributed by atoms with Crippen molar-refractivity contribution in [2.75, 3.05) is 26.5 Å². The normalized spacial score (nSPS) is 14.6. The number of anilines is 1. The fourth-order valence-corrected chi connectivity index (χ4v) is 4.93. The highest BCUT2D eigenvalue weighted by molar-refractivity contribution is 5.89. The number of aliphatic hydroxyl groups is 1. The van der Waals surface area contributed by atoms with Crippen molar-refractivity contribution >= 4 is 34.8 Å². The van der Waals surface area contributed by atoms with E-state index in [2.05, 4.69) is 10.6 Å². The number of carbonyl (C=O) groups is 3. The number of methoxy groups -OCH3 is 1. The second kappa shape index (κ2) is 14.6. The van der Waals surface area contributed by atoms with Crippen LogP contribution in [0.5, 0.6) is 0 Å². The van der Waals surface area contributed by atoms with E-state index in [4.69, 9.17) is 14.5 Å². The molecule has 4 rings (SSSR count). The zero-order chi connectivity index (χ0) is 33.6. The number of nitrogens with zero attached hydrogens (tertiary/aromatic N) is 4. The Labute approximate surface area is 268 Å². The minimum absolute atomic E-state index is 0.0459. The molecule has 1 saturated carbocycles. The summed E-state index contributed by atoms with van der Waals surface area (Å²) in [5.41, 5.74) is 1.19. The third-order valence-electron chi connectivity index (χ3n) is 7.47. The van der Waals surface area contributed by atoms with E-state index in [9.17, 15) is 24.3 Å². The molecule has 0 bridgehead atoms. The molecule has 2 amide bonds. The highest BCUT2D eigenvalue weighted by atomic mass is 16.6. The Balaban J connectivity index is 1.60. The summed E-state index contributed by atoms with van der Waals surface area (Å²) >= 11 is 0. The lowest BCUT2D eigenvalue weighted by molar-refractivity contribution is -0.123. The number of likely N-dealkylation sites (N-methyl/N-ethyl adjacent to an activating group) is 1. The molecule has 3 aromatic rings. The average molecular weight is 637 g/mol. The molecule has 1 aliphatic carbocycles. The molecule has 0 spiro atoms. The van der Waals surface area contributed by atoms with Gasteiger partial charge < -0.3 is 34.7 Å². The van der Waals surface area contributed by atoms with Gasteiger partial charge in [-0.2, -0.15) is 0 Å². The van der Waals surface area contributed by atoms with Gasteiger partial charge in [0.2, 0.25) is 5.91 Å². The van der Waals surface area contributed by atoms with Crippen LogP contribution < -0.4 is 16.2 Å². The summed E-state index contributed by atoms with van der Waals surface area (Å²) in [6.07, 6.45) is 5.68. The van der Waals surface area contributed by atoms with Crippen LogP contribution in [0.25, 0.3) is 11.0 Å². The molecule has 1 unspecified atom stereocenters. The third kappa shape index (κ3) is 8.96. The van der Waals surface area contributed by atoms with Crippen LogP contribution in [0.4, 0.5) is 15.3 Å². The molecule has 2 atom stereocenters. The van der Waals surface area contributed by atoms with Gasteiger partial charge in [0.05, 0.1) is 30.7 Å². The number of para-hydroxylation sites is 1. The van der Waals surface area contributed by atoms with Gasteiger partial charge in [-0.1, -0.05) is 18.2 Å². The van der Waals surface area contributed by atoms with Gasteiger partial charge in [0, 0.05) is 20.3 Å². The standard InChI is InChI=1S/C33H44N6O7/c1-33(2,3)46-32(44)39-25-14-9-11-22(19-21-16-17-21)28(25)36-26(39)20-38-18-10-13-24(30(38)42)34-29(41)23(35-31(43)45-6)12-7-8-15-27(40)37(4)5/h8-11,13-15,18,21,23,29,34,41H,7,12,16-17,19-20H2,1-6H3,(H,35,43)/b15-8+/t23-,29?/m0/s1. The number of allylic oxidation sites excluding steroid dienone is 1. The quantitative estimate of drug-likeness (QED) is 0.198. The Morgan fingerprint density at radius 2 is 1.91 bits per heavy atom. The summed E-state index contributed by atoms with van der Waals surface area (Å²) in [7, 11) is 4.47. The third-order valence-corrected chi connectivity index (χ3v) is 7.47. The molecule has 0 radical (unpaired) electrons. The minimum atomic E-state index is -1.38. The second-order valence-corrected chi connectivity index (χ2v) is 12.7. The summed E-state index contributed by atoms with van der Waals surface area (Å²) in [6.45, 7) is 5.31. The minimum Gasteiger partial charge on any atom is -0.453 e. The number of nitrogens with one attached hydrogen (secondary N) is 2. The van der Waals surface area contributed by atoms with Gasteiger partial charge in [-0.3, -0.25) is 9.59 Å². The summed E-state index contributed by atoms with van der Waals surface area (Å²) in [6, 6.07) is 8.03. The molecule has 0 aliphatic heterocycles. The molecule has 3 N–H and O–H groups in total. The number of alkyl carbamates (subject to hydrolysis) is 1. The van der Waals surface area contributed by atoms with E-state index in [0.29, 0.717) is 29.2 Å². The Kier molecular flexibility index (Phi) is 10.9. The van der Waals surface area contributed by atoms with Gasteiger partial charge in [-0.15, -0.1) is 0 Å². The zero-order valence-corrected chi connectivity index (χ0v) is 27.3. The lowest BCUT2D eigenvalue weighted by Gasteiger charge is -2.25. The zero-order valence-electron chi connectivity index (χ0n) is 27.3. The maximum absolute atomic E-state index is 13.6. The summed E-state index contributed by atoms with van der Waals surface area (Å²) in [5, 5.41) is 16.4. The Morgan fingerprint density at radius 1 is 1.17 bits per heavy atom. The largest absolute Gasteiger partial charge is 0.453 e. The fraction of sp³-hybridized carbons (Fsp3) is 0.485. The number of ether oxygens (including phenoxy) is 2. The van der Waals surface area contributed by atoms with Crippen LogP contribution in [0, 0.1) is 5.92 Å². The first-order chi connectivity index (χ1) is 21.8. The fourth-order valence-electron chi connectivity index (χ4n) is 4.93.